The molecule has 5 heteroatoms. The molecule has 0 saturated heterocycles. The molecule has 0 aliphatic heterocycles. The smallest absolute Gasteiger partial charge is 0.267 e. The third-order valence-corrected chi connectivity index (χ3v) is 10.7. The van der Waals surface area contributed by atoms with E-state index in [0.29, 0.717) is 35.3 Å². The van der Waals surface area contributed by atoms with Crippen molar-refractivity contribution >= 4 is 14.2 Å². The standard InChI is InChI=1S/C17H30N2O2Si/c1-12(2)22(13(3)4,14(5)6)21-11-9-15-8-7-10-19-16(15)17(18)20/h7-8,10,12-14H,9,11H2,1-6H3,(H2,18,20). The van der Waals surface area contributed by atoms with Crippen molar-refractivity contribution in [3.05, 3.63) is 29.6 Å². The fraction of sp³-hybridized carbons (Fsp3) is 0.647. The Hall–Kier alpha value is -1.20. The lowest BCUT2D eigenvalue weighted by Crippen LogP contribution is -2.48. The molecule has 124 valence electrons. The van der Waals surface area contributed by atoms with E-state index < -0.39 is 14.2 Å². The number of rotatable bonds is 8. The van der Waals surface area contributed by atoms with Gasteiger partial charge in [0.1, 0.15) is 5.69 Å². The highest BCUT2D eigenvalue weighted by Gasteiger charge is 2.44. The van der Waals surface area contributed by atoms with Gasteiger partial charge in [-0.3, -0.25) is 9.78 Å². The molecule has 1 heterocycles. The van der Waals surface area contributed by atoms with Crippen LogP contribution in [0, 0.1) is 0 Å². The third-order valence-electron chi connectivity index (χ3n) is 4.56. The minimum absolute atomic E-state index is 0.358. The predicted molar refractivity (Wildman–Crippen MR) is 93.5 cm³/mol. The van der Waals surface area contributed by atoms with Crippen LogP contribution in [0.1, 0.15) is 57.6 Å². The van der Waals surface area contributed by atoms with Gasteiger partial charge in [0.2, 0.25) is 0 Å². The van der Waals surface area contributed by atoms with Crippen molar-refractivity contribution in [2.45, 2.75) is 64.6 Å². The maximum absolute atomic E-state index is 11.4. The summed E-state index contributed by atoms with van der Waals surface area (Å²) >= 11 is 0. The van der Waals surface area contributed by atoms with Crippen LogP contribution in [0.5, 0.6) is 0 Å². The van der Waals surface area contributed by atoms with Crippen LogP contribution in [0.3, 0.4) is 0 Å². The minimum Gasteiger partial charge on any atom is -0.416 e. The van der Waals surface area contributed by atoms with Gasteiger partial charge in [-0.15, -0.1) is 0 Å². The molecular formula is C17H30N2O2Si. The van der Waals surface area contributed by atoms with Crippen molar-refractivity contribution in [2.75, 3.05) is 6.61 Å². The summed E-state index contributed by atoms with van der Waals surface area (Å²) in [5, 5.41) is 0. The fourth-order valence-electron chi connectivity index (χ4n) is 3.70. The highest BCUT2D eigenvalue weighted by atomic mass is 28.4. The first-order valence-electron chi connectivity index (χ1n) is 8.11. The number of carbonyl (C=O) groups excluding carboxylic acids is 1. The van der Waals surface area contributed by atoms with Gasteiger partial charge in [0.25, 0.3) is 5.91 Å². The molecule has 1 amide bonds. The Morgan fingerprint density at radius 2 is 1.73 bits per heavy atom. The lowest BCUT2D eigenvalue weighted by atomic mass is 10.1. The quantitative estimate of drug-likeness (QED) is 0.738. The maximum Gasteiger partial charge on any atom is 0.267 e. The molecule has 4 nitrogen and oxygen atoms in total. The zero-order valence-corrected chi connectivity index (χ0v) is 15.7. The van der Waals surface area contributed by atoms with Crippen molar-refractivity contribution in [1.29, 1.82) is 0 Å². The average Bonchev–Trinajstić information content (AvgIpc) is 2.42. The topological polar surface area (TPSA) is 65.2 Å². The number of primary amides is 1. The second kappa shape index (κ2) is 7.88. The van der Waals surface area contributed by atoms with Crippen LogP contribution >= 0.6 is 0 Å². The third kappa shape index (κ3) is 3.96. The van der Waals surface area contributed by atoms with E-state index in [2.05, 4.69) is 46.5 Å². The van der Waals surface area contributed by atoms with Gasteiger partial charge < -0.3 is 10.2 Å². The second-order valence-electron chi connectivity index (χ2n) is 6.79. The Bertz CT molecular complexity index is 479. The van der Waals surface area contributed by atoms with E-state index in [1.165, 1.54) is 0 Å². The van der Waals surface area contributed by atoms with Crippen LogP contribution in [0.2, 0.25) is 16.6 Å². The normalized spacial score (nSPS) is 12.4. The summed E-state index contributed by atoms with van der Waals surface area (Å²) in [6, 6.07) is 3.74. The minimum atomic E-state index is -1.86. The second-order valence-corrected chi connectivity index (χ2v) is 12.3. The molecule has 0 unspecified atom stereocenters. The molecule has 0 aromatic carbocycles. The van der Waals surface area contributed by atoms with Crippen LogP contribution in [-0.2, 0) is 10.8 Å². The van der Waals surface area contributed by atoms with Gasteiger partial charge >= 0.3 is 0 Å². The number of aromatic nitrogens is 1. The van der Waals surface area contributed by atoms with Gasteiger partial charge in [0, 0.05) is 12.8 Å². The highest BCUT2D eigenvalue weighted by molar-refractivity contribution is 6.77. The van der Waals surface area contributed by atoms with Crippen molar-refractivity contribution < 1.29 is 9.22 Å². The summed E-state index contributed by atoms with van der Waals surface area (Å²) < 4.78 is 6.51. The molecule has 0 radical (unpaired) electrons. The summed E-state index contributed by atoms with van der Waals surface area (Å²) in [6.45, 7) is 14.2. The largest absolute Gasteiger partial charge is 0.416 e. The Morgan fingerprint density at radius 3 is 2.18 bits per heavy atom. The van der Waals surface area contributed by atoms with E-state index in [1.54, 1.807) is 6.20 Å². The molecule has 0 atom stereocenters. The van der Waals surface area contributed by atoms with Crippen LogP contribution in [-0.4, -0.2) is 25.8 Å². The maximum atomic E-state index is 11.4. The van der Waals surface area contributed by atoms with Gasteiger partial charge in [-0.1, -0.05) is 47.6 Å². The number of nitrogens with two attached hydrogens (primary N) is 1. The molecule has 1 aromatic rings. The predicted octanol–water partition coefficient (Wildman–Crippen LogP) is 3.92. The van der Waals surface area contributed by atoms with Gasteiger partial charge in [0.15, 0.2) is 8.32 Å². The van der Waals surface area contributed by atoms with Crippen molar-refractivity contribution in [2.24, 2.45) is 5.73 Å². The van der Waals surface area contributed by atoms with E-state index in [9.17, 15) is 4.79 Å². The first kappa shape index (κ1) is 18.8. The summed E-state index contributed by atoms with van der Waals surface area (Å²) in [6.07, 6.45) is 2.27. The number of hydrogen-bond donors (Lipinski definition) is 1. The van der Waals surface area contributed by atoms with E-state index in [0.717, 1.165) is 5.56 Å². The summed E-state index contributed by atoms with van der Waals surface area (Å²) in [4.78, 5) is 15.5. The van der Waals surface area contributed by atoms with Crippen LogP contribution in [0.4, 0.5) is 0 Å². The molecule has 0 saturated carbocycles. The molecule has 2 N–H and O–H groups in total. The summed E-state index contributed by atoms with van der Waals surface area (Å²) in [5.41, 5.74) is 8.27. The average molecular weight is 323 g/mol. The fourth-order valence-corrected chi connectivity index (χ4v) is 9.16. The lowest BCUT2D eigenvalue weighted by Gasteiger charge is -2.42. The van der Waals surface area contributed by atoms with E-state index >= 15 is 0 Å². The number of hydrogen-bond acceptors (Lipinski definition) is 3. The molecule has 1 aromatic heterocycles. The summed E-state index contributed by atoms with van der Waals surface area (Å²) in [5.74, 6) is -0.476. The zero-order chi connectivity index (χ0) is 16.9. The Morgan fingerprint density at radius 1 is 1.18 bits per heavy atom. The molecule has 0 bridgehead atoms. The van der Waals surface area contributed by atoms with Crippen molar-refractivity contribution in [3.8, 4) is 0 Å². The van der Waals surface area contributed by atoms with E-state index in [4.69, 9.17) is 10.2 Å². The number of nitrogens with zero attached hydrogens (tertiary/aromatic N) is 1. The molecular weight excluding hydrogens is 292 g/mol. The Labute approximate surface area is 135 Å². The molecule has 22 heavy (non-hydrogen) atoms. The molecule has 0 spiro atoms. The molecule has 0 aliphatic carbocycles. The first-order chi connectivity index (χ1) is 10.2. The first-order valence-corrected chi connectivity index (χ1v) is 10.2. The van der Waals surface area contributed by atoms with Gasteiger partial charge in [0.05, 0.1) is 0 Å². The van der Waals surface area contributed by atoms with Gasteiger partial charge in [-0.2, -0.15) is 0 Å². The molecule has 1 rings (SSSR count). The van der Waals surface area contributed by atoms with Crippen molar-refractivity contribution in [1.82, 2.24) is 4.98 Å². The SMILES string of the molecule is CC(C)[Si](OCCc1cccnc1C(N)=O)(C(C)C)C(C)C. The van der Waals surface area contributed by atoms with Crippen LogP contribution in [0.15, 0.2) is 18.3 Å². The number of carbonyl (C=O) groups is 1. The Balaban J connectivity index is 2.86. The van der Waals surface area contributed by atoms with E-state index in [1.807, 2.05) is 12.1 Å². The van der Waals surface area contributed by atoms with Gasteiger partial charge in [-0.05, 0) is 34.7 Å². The number of amides is 1. The van der Waals surface area contributed by atoms with Gasteiger partial charge in [-0.25, -0.2) is 0 Å². The van der Waals surface area contributed by atoms with Crippen LogP contribution < -0.4 is 5.73 Å². The molecule has 0 aliphatic rings. The zero-order valence-electron chi connectivity index (χ0n) is 14.7. The van der Waals surface area contributed by atoms with E-state index in [-0.39, 0.29) is 0 Å². The monoisotopic (exact) mass is 322 g/mol. The number of pyridine rings is 1. The highest BCUT2D eigenvalue weighted by Crippen LogP contribution is 2.42. The van der Waals surface area contributed by atoms with Crippen molar-refractivity contribution in [3.63, 3.8) is 0 Å². The van der Waals surface area contributed by atoms with Crippen LogP contribution in [0.25, 0.3) is 0 Å². The Kier molecular flexibility index (Phi) is 6.75. The molecule has 0 fully saturated rings. The lowest BCUT2D eigenvalue weighted by molar-refractivity contribution is 0.0994. The summed E-state index contributed by atoms with van der Waals surface area (Å²) in [7, 11) is -1.86.